The summed E-state index contributed by atoms with van der Waals surface area (Å²) in [6.07, 6.45) is 5.82. The van der Waals surface area contributed by atoms with E-state index in [0.717, 1.165) is 64.1 Å². The molecule has 1 aromatic rings. The second-order valence-corrected chi connectivity index (χ2v) is 7.69. The van der Waals surface area contributed by atoms with Gasteiger partial charge in [-0.1, -0.05) is 31.9 Å². The van der Waals surface area contributed by atoms with Gasteiger partial charge < -0.3 is 9.80 Å². The van der Waals surface area contributed by atoms with Crippen LogP contribution in [-0.2, 0) is 6.42 Å². The quantitative estimate of drug-likeness (QED) is 0.841. The van der Waals surface area contributed by atoms with Crippen molar-refractivity contribution in [2.24, 2.45) is 0 Å². The maximum Gasteiger partial charge on any atom is 0.253 e. The summed E-state index contributed by atoms with van der Waals surface area (Å²) in [5.41, 5.74) is 2.17. The molecule has 2 saturated heterocycles. The number of carbonyl (C=O) groups is 1. The lowest BCUT2D eigenvalue weighted by atomic mass is 10.1. The van der Waals surface area contributed by atoms with E-state index in [2.05, 4.69) is 40.8 Å². The predicted octanol–water partition coefficient (Wildman–Crippen LogP) is 2.88. The second kappa shape index (κ2) is 8.81. The van der Waals surface area contributed by atoms with Crippen molar-refractivity contribution in [1.82, 2.24) is 14.7 Å². The highest BCUT2D eigenvalue weighted by molar-refractivity contribution is 5.94. The normalized spacial score (nSPS) is 23.4. The molecule has 4 heteroatoms. The van der Waals surface area contributed by atoms with E-state index in [4.69, 9.17) is 0 Å². The van der Waals surface area contributed by atoms with Crippen LogP contribution in [0.3, 0.4) is 0 Å². The molecule has 3 rings (SSSR count). The Hall–Kier alpha value is -1.39. The van der Waals surface area contributed by atoms with Crippen molar-refractivity contribution in [3.63, 3.8) is 0 Å². The molecule has 25 heavy (non-hydrogen) atoms. The zero-order valence-electron chi connectivity index (χ0n) is 15.9. The Bertz CT molecular complexity index is 549. The second-order valence-electron chi connectivity index (χ2n) is 7.69. The lowest BCUT2D eigenvalue weighted by Crippen LogP contribution is -2.52. The summed E-state index contributed by atoms with van der Waals surface area (Å²) in [6.45, 7) is 8.53. The van der Waals surface area contributed by atoms with Crippen molar-refractivity contribution in [3.8, 4) is 0 Å². The molecule has 1 amide bonds. The zero-order chi connectivity index (χ0) is 17.6. The first-order chi connectivity index (χ1) is 12.2. The maximum atomic E-state index is 13.0. The Balaban J connectivity index is 1.64. The van der Waals surface area contributed by atoms with E-state index in [-0.39, 0.29) is 5.91 Å². The Morgan fingerprint density at radius 3 is 2.44 bits per heavy atom. The molecule has 2 aliphatic heterocycles. The van der Waals surface area contributed by atoms with Gasteiger partial charge in [-0.25, -0.2) is 0 Å². The van der Waals surface area contributed by atoms with Crippen LogP contribution in [-0.4, -0.2) is 73.0 Å². The number of amides is 1. The van der Waals surface area contributed by atoms with Crippen LogP contribution in [0.2, 0.25) is 0 Å². The standard InChI is InChI=1S/C21H33N3O/c1-3-6-18-8-10-19(11-9-18)21(25)24-12-5-4-7-20(17-24)23-15-13-22(2)14-16-23/h8-11,20H,3-7,12-17H2,1-2H3/t20-/m0/s1. The number of likely N-dealkylation sites (tertiary alicyclic amines) is 1. The molecule has 0 spiro atoms. The van der Waals surface area contributed by atoms with Crippen LogP contribution in [0.15, 0.2) is 24.3 Å². The van der Waals surface area contributed by atoms with E-state index < -0.39 is 0 Å². The van der Waals surface area contributed by atoms with E-state index in [1.54, 1.807) is 0 Å². The van der Waals surface area contributed by atoms with Crippen LogP contribution >= 0.6 is 0 Å². The molecule has 0 aromatic heterocycles. The molecule has 1 aromatic carbocycles. The van der Waals surface area contributed by atoms with Gasteiger partial charge in [0, 0.05) is 50.9 Å². The van der Waals surface area contributed by atoms with Crippen molar-refractivity contribution in [3.05, 3.63) is 35.4 Å². The molecule has 2 aliphatic rings. The van der Waals surface area contributed by atoms with Gasteiger partial charge in [0.05, 0.1) is 0 Å². The molecule has 138 valence electrons. The summed E-state index contributed by atoms with van der Waals surface area (Å²) in [6, 6.07) is 8.80. The van der Waals surface area contributed by atoms with Crippen molar-refractivity contribution in [2.75, 3.05) is 46.3 Å². The Labute approximate surface area is 152 Å². The van der Waals surface area contributed by atoms with Gasteiger partial charge in [-0.2, -0.15) is 0 Å². The van der Waals surface area contributed by atoms with E-state index in [0.29, 0.717) is 6.04 Å². The van der Waals surface area contributed by atoms with Gasteiger partial charge in [-0.05, 0) is 44.0 Å². The number of rotatable bonds is 4. The number of likely N-dealkylation sites (N-methyl/N-ethyl adjacent to an activating group) is 1. The average Bonchev–Trinajstić information content (AvgIpc) is 2.89. The first-order valence-electron chi connectivity index (χ1n) is 9.98. The zero-order valence-corrected chi connectivity index (χ0v) is 15.9. The third-order valence-corrected chi connectivity index (χ3v) is 5.73. The van der Waals surface area contributed by atoms with Crippen LogP contribution in [0.4, 0.5) is 0 Å². The summed E-state index contributed by atoms with van der Waals surface area (Å²) in [5.74, 6) is 0.212. The number of carbonyl (C=O) groups excluding carboxylic acids is 1. The molecule has 4 nitrogen and oxygen atoms in total. The van der Waals surface area contributed by atoms with Gasteiger partial charge in [0.2, 0.25) is 0 Å². The van der Waals surface area contributed by atoms with E-state index in [9.17, 15) is 4.79 Å². The summed E-state index contributed by atoms with van der Waals surface area (Å²) in [4.78, 5) is 20.1. The molecule has 0 aliphatic carbocycles. The van der Waals surface area contributed by atoms with Crippen LogP contribution < -0.4 is 0 Å². The fraction of sp³-hybridized carbons (Fsp3) is 0.667. The highest BCUT2D eigenvalue weighted by atomic mass is 16.2. The fourth-order valence-corrected chi connectivity index (χ4v) is 4.07. The Morgan fingerprint density at radius 1 is 1.04 bits per heavy atom. The molecule has 0 bridgehead atoms. The summed E-state index contributed by atoms with van der Waals surface area (Å²) in [5, 5.41) is 0. The number of hydrogen-bond acceptors (Lipinski definition) is 3. The van der Waals surface area contributed by atoms with Crippen molar-refractivity contribution in [2.45, 2.75) is 45.1 Å². The first-order valence-corrected chi connectivity index (χ1v) is 9.98. The molecule has 0 radical (unpaired) electrons. The largest absolute Gasteiger partial charge is 0.337 e. The van der Waals surface area contributed by atoms with Gasteiger partial charge in [-0.3, -0.25) is 9.69 Å². The van der Waals surface area contributed by atoms with Gasteiger partial charge >= 0.3 is 0 Å². The first kappa shape index (κ1) is 18.4. The fourth-order valence-electron chi connectivity index (χ4n) is 4.07. The summed E-state index contributed by atoms with van der Waals surface area (Å²) < 4.78 is 0. The van der Waals surface area contributed by atoms with Crippen LogP contribution in [0.25, 0.3) is 0 Å². The number of piperazine rings is 1. The number of nitrogens with zero attached hydrogens (tertiary/aromatic N) is 3. The summed E-state index contributed by atoms with van der Waals surface area (Å²) >= 11 is 0. The number of aryl methyl sites for hydroxylation is 1. The monoisotopic (exact) mass is 343 g/mol. The van der Waals surface area contributed by atoms with Crippen molar-refractivity contribution in [1.29, 1.82) is 0 Å². The minimum atomic E-state index is 0.212. The molecule has 2 heterocycles. The van der Waals surface area contributed by atoms with E-state index in [1.165, 1.54) is 18.4 Å². The maximum absolute atomic E-state index is 13.0. The number of hydrogen-bond donors (Lipinski definition) is 0. The molecule has 1 atom stereocenters. The smallest absolute Gasteiger partial charge is 0.253 e. The van der Waals surface area contributed by atoms with E-state index in [1.807, 2.05) is 12.1 Å². The average molecular weight is 344 g/mol. The lowest BCUT2D eigenvalue weighted by Gasteiger charge is -2.39. The predicted molar refractivity (Wildman–Crippen MR) is 103 cm³/mol. The van der Waals surface area contributed by atoms with Gasteiger partial charge in [0.15, 0.2) is 0 Å². The number of benzene rings is 1. The molecule has 2 fully saturated rings. The van der Waals surface area contributed by atoms with Gasteiger partial charge in [-0.15, -0.1) is 0 Å². The minimum absolute atomic E-state index is 0.212. The van der Waals surface area contributed by atoms with Gasteiger partial charge in [0.25, 0.3) is 5.91 Å². The lowest BCUT2D eigenvalue weighted by molar-refractivity contribution is 0.0631. The highest BCUT2D eigenvalue weighted by Crippen LogP contribution is 2.19. The molecular weight excluding hydrogens is 310 g/mol. The van der Waals surface area contributed by atoms with Crippen LogP contribution in [0.1, 0.15) is 48.5 Å². The van der Waals surface area contributed by atoms with Crippen molar-refractivity contribution >= 4 is 5.91 Å². The topological polar surface area (TPSA) is 26.8 Å². The van der Waals surface area contributed by atoms with Crippen LogP contribution in [0, 0.1) is 0 Å². The molecule has 0 N–H and O–H groups in total. The Kier molecular flexibility index (Phi) is 6.49. The summed E-state index contributed by atoms with van der Waals surface area (Å²) in [7, 11) is 2.20. The van der Waals surface area contributed by atoms with E-state index >= 15 is 0 Å². The third kappa shape index (κ3) is 4.83. The molecular formula is C21H33N3O. The third-order valence-electron chi connectivity index (χ3n) is 5.73. The molecule has 0 saturated carbocycles. The van der Waals surface area contributed by atoms with Crippen LogP contribution in [0.5, 0.6) is 0 Å². The SMILES string of the molecule is CCCc1ccc(C(=O)N2CCCC[C@H](N3CCN(C)CC3)C2)cc1. The van der Waals surface area contributed by atoms with Crippen molar-refractivity contribution < 1.29 is 4.79 Å². The Morgan fingerprint density at radius 2 is 1.76 bits per heavy atom. The van der Waals surface area contributed by atoms with Gasteiger partial charge in [0.1, 0.15) is 0 Å². The molecule has 0 unspecified atom stereocenters. The highest BCUT2D eigenvalue weighted by Gasteiger charge is 2.28. The minimum Gasteiger partial charge on any atom is -0.337 e.